The molecule has 1 aromatic heterocycles. The number of aliphatic hydroxyl groups is 1. The fourth-order valence-corrected chi connectivity index (χ4v) is 4.90. The highest BCUT2D eigenvalue weighted by Crippen LogP contribution is 2.29. The molecule has 1 aliphatic rings. The maximum atomic E-state index is 13.2. The van der Waals surface area contributed by atoms with Crippen LogP contribution in [0.25, 0.3) is 10.9 Å². The number of carbonyl (C=O) groups excluding carboxylic acids is 2. The van der Waals surface area contributed by atoms with Gasteiger partial charge in [-0.15, -0.1) is 0 Å². The number of aromatic nitrogens is 1. The topological polar surface area (TPSA) is 95.8 Å². The first kappa shape index (κ1) is 25.7. The van der Waals surface area contributed by atoms with Crippen molar-refractivity contribution in [2.24, 2.45) is 13.0 Å². The van der Waals surface area contributed by atoms with Crippen LogP contribution >= 0.6 is 0 Å². The number of hydrogen-bond acceptors (Lipinski definition) is 5. The summed E-state index contributed by atoms with van der Waals surface area (Å²) in [6.07, 6.45) is 2.21. The van der Waals surface area contributed by atoms with Crippen molar-refractivity contribution in [3.05, 3.63) is 59.8 Å². The SMILES string of the molecule is CNC[C@H]1Oc2ccc(NC(=O)Cc3cn(C)c4ccccc34)cc2CC(=O)N([C@@H](C)CO)C[C@@H]1C. The number of carbonyl (C=O) groups is 2. The van der Waals surface area contributed by atoms with Gasteiger partial charge in [-0.2, -0.15) is 0 Å². The maximum Gasteiger partial charge on any atom is 0.228 e. The van der Waals surface area contributed by atoms with Crippen LogP contribution in [0.3, 0.4) is 0 Å². The van der Waals surface area contributed by atoms with Crippen molar-refractivity contribution < 1.29 is 19.4 Å². The number of rotatable bonds is 7. The minimum absolute atomic E-state index is 0.0569. The van der Waals surface area contributed by atoms with Crippen molar-refractivity contribution >= 4 is 28.4 Å². The van der Waals surface area contributed by atoms with Gasteiger partial charge < -0.3 is 29.9 Å². The lowest BCUT2D eigenvalue weighted by atomic mass is 10.0. The molecule has 0 spiro atoms. The van der Waals surface area contributed by atoms with Crippen molar-refractivity contribution in [1.29, 1.82) is 0 Å². The molecule has 8 nitrogen and oxygen atoms in total. The van der Waals surface area contributed by atoms with Crippen LogP contribution in [-0.2, 0) is 29.5 Å². The van der Waals surface area contributed by atoms with Gasteiger partial charge in [0.15, 0.2) is 0 Å². The highest BCUT2D eigenvalue weighted by molar-refractivity contribution is 5.96. The van der Waals surface area contributed by atoms with Crippen molar-refractivity contribution in [3.8, 4) is 5.75 Å². The van der Waals surface area contributed by atoms with E-state index in [-0.39, 0.29) is 49.3 Å². The maximum absolute atomic E-state index is 13.2. The number of likely N-dealkylation sites (N-methyl/N-ethyl adjacent to an activating group) is 1. The number of hydrogen-bond donors (Lipinski definition) is 3. The molecule has 2 aromatic carbocycles. The summed E-state index contributed by atoms with van der Waals surface area (Å²) in [6, 6.07) is 13.2. The van der Waals surface area contributed by atoms with Crippen LogP contribution in [0.5, 0.6) is 5.75 Å². The number of nitrogens with one attached hydrogen (secondary N) is 2. The van der Waals surface area contributed by atoms with E-state index in [4.69, 9.17) is 4.74 Å². The molecule has 0 aliphatic carbocycles. The molecular weight excluding hydrogens is 456 g/mol. The van der Waals surface area contributed by atoms with Gasteiger partial charge in [0.2, 0.25) is 11.8 Å². The van der Waals surface area contributed by atoms with Gasteiger partial charge in [0, 0.05) is 54.4 Å². The predicted molar refractivity (Wildman–Crippen MR) is 141 cm³/mol. The van der Waals surface area contributed by atoms with Gasteiger partial charge in [0.25, 0.3) is 0 Å². The lowest BCUT2D eigenvalue weighted by Gasteiger charge is -2.32. The molecule has 3 atom stereocenters. The molecule has 3 N–H and O–H groups in total. The summed E-state index contributed by atoms with van der Waals surface area (Å²) in [5, 5.41) is 17.0. The van der Waals surface area contributed by atoms with Crippen LogP contribution < -0.4 is 15.4 Å². The van der Waals surface area contributed by atoms with E-state index in [0.29, 0.717) is 30.1 Å². The fourth-order valence-electron chi connectivity index (χ4n) is 4.90. The molecule has 36 heavy (non-hydrogen) atoms. The molecule has 1 aliphatic heterocycles. The molecule has 0 bridgehead atoms. The fraction of sp³-hybridized carbons (Fsp3) is 0.429. The number of fused-ring (bicyclic) bond motifs is 2. The molecule has 192 valence electrons. The van der Waals surface area contributed by atoms with Gasteiger partial charge in [0.1, 0.15) is 11.9 Å². The number of amides is 2. The second-order valence-electron chi connectivity index (χ2n) is 9.78. The lowest BCUT2D eigenvalue weighted by molar-refractivity contribution is -0.134. The molecule has 0 saturated carbocycles. The normalized spacial score (nSPS) is 19.1. The van der Waals surface area contributed by atoms with E-state index in [2.05, 4.69) is 17.6 Å². The minimum atomic E-state index is -0.291. The Morgan fingerprint density at radius 2 is 2.03 bits per heavy atom. The zero-order valence-electron chi connectivity index (χ0n) is 21.5. The summed E-state index contributed by atoms with van der Waals surface area (Å²) in [5.41, 5.74) is 3.38. The van der Waals surface area contributed by atoms with E-state index >= 15 is 0 Å². The Kier molecular flexibility index (Phi) is 7.96. The molecular formula is C28H36N4O4. The van der Waals surface area contributed by atoms with Crippen LogP contribution in [0.1, 0.15) is 25.0 Å². The lowest BCUT2D eigenvalue weighted by Crippen LogP contribution is -2.47. The van der Waals surface area contributed by atoms with Gasteiger partial charge in [-0.1, -0.05) is 25.1 Å². The van der Waals surface area contributed by atoms with Crippen LogP contribution in [0.15, 0.2) is 48.7 Å². The third-order valence-corrected chi connectivity index (χ3v) is 6.94. The molecule has 8 heteroatoms. The third kappa shape index (κ3) is 5.55. The van der Waals surface area contributed by atoms with Crippen molar-refractivity contribution in [2.45, 2.75) is 38.8 Å². The zero-order valence-corrected chi connectivity index (χ0v) is 21.5. The predicted octanol–water partition coefficient (Wildman–Crippen LogP) is 2.73. The number of benzene rings is 2. The van der Waals surface area contributed by atoms with Crippen molar-refractivity contribution in [1.82, 2.24) is 14.8 Å². The summed E-state index contributed by atoms with van der Waals surface area (Å²) in [6.45, 7) is 4.92. The molecule has 0 radical (unpaired) electrons. The molecule has 2 heterocycles. The minimum Gasteiger partial charge on any atom is -0.488 e. The highest BCUT2D eigenvalue weighted by atomic mass is 16.5. The molecule has 4 rings (SSSR count). The Morgan fingerprint density at radius 3 is 2.78 bits per heavy atom. The quantitative estimate of drug-likeness (QED) is 0.471. The Bertz CT molecular complexity index is 1240. The first-order valence-electron chi connectivity index (χ1n) is 12.5. The van der Waals surface area contributed by atoms with Crippen LogP contribution in [0.4, 0.5) is 5.69 Å². The molecule has 0 unspecified atom stereocenters. The van der Waals surface area contributed by atoms with E-state index in [1.54, 1.807) is 4.90 Å². The Balaban J connectivity index is 1.57. The summed E-state index contributed by atoms with van der Waals surface area (Å²) in [7, 11) is 3.85. The van der Waals surface area contributed by atoms with Gasteiger partial charge in [-0.25, -0.2) is 0 Å². The number of nitrogens with zero attached hydrogens (tertiary/aromatic N) is 2. The van der Waals surface area contributed by atoms with E-state index in [9.17, 15) is 14.7 Å². The average Bonchev–Trinajstić information content (AvgIpc) is 3.19. The standard InChI is InChI=1S/C28H36N4O4/c1-18-15-32(19(2)17-33)28(35)13-20-11-22(9-10-25(20)36-26(18)14-29-3)30-27(34)12-21-16-31(4)24-8-6-5-7-23(21)24/h5-11,16,18-19,26,29,33H,12-15,17H2,1-4H3,(H,30,34)/t18-,19-,26+/m0/s1. The molecule has 3 aromatic rings. The van der Waals surface area contributed by atoms with Gasteiger partial charge in [-0.05, 0) is 43.8 Å². The Labute approximate surface area is 212 Å². The van der Waals surface area contributed by atoms with E-state index in [1.165, 1.54) is 0 Å². The molecule has 0 fully saturated rings. The van der Waals surface area contributed by atoms with Crippen LogP contribution in [-0.4, -0.2) is 65.3 Å². The van der Waals surface area contributed by atoms with E-state index in [1.807, 2.05) is 74.2 Å². The van der Waals surface area contributed by atoms with Gasteiger partial charge in [-0.3, -0.25) is 9.59 Å². The van der Waals surface area contributed by atoms with E-state index in [0.717, 1.165) is 16.5 Å². The summed E-state index contributed by atoms with van der Waals surface area (Å²) in [5.74, 6) is 0.499. The summed E-state index contributed by atoms with van der Waals surface area (Å²) >= 11 is 0. The smallest absolute Gasteiger partial charge is 0.228 e. The first-order chi connectivity index (χ1) is 17.3. The number of ether oxygens (including phenoxy) is 1. The largest absolute Gasteiger partial charge is 0.488 e. The van der Waals surface area contributed by atoms with Gasteiger partial charge in [0.05, 0.1) is 25.5 Å². The Morgan fingerprint density at radius 1 is 1.25 bits per heavy atom. The first-order valence-corrected chi connectivity index (χ1v) is 12.5. The number of anilines is 1. The molecule has 2 amide bonds. The Hall–Kier alpha value is -3.36. The summed E-state index contributed by atoms with van der Waals surface area (Å²) in [4.78, 5) is 27.9. The number of para-hydroxylation sites is 1. The molecule has 0 saturated heterocycles. The highest BCUT2D eigenvalue weighted by Gasteiger charge is 2.30. The third-order valence-electron chi connectivity index (χ3n) is 6.94. The van der Waals surface area contributed by atoms with Crippen molar-refractivity contribution in [3.63, 3.8) is 0 Å². The summed E-state index contributed by atoms with van der Waals surface area (Å²) < 4.78 is 8.39. The van der Waals surface area contributed by atoms with Crippen LogP contribution in [0.2, 0.25) is 0 Å². The van der Waals surface area contributed by atoms with Gasteiger partial charge >= 0.3 is 0 Å². The zero-order chi connectivity index (χ0) is 25.8. The van der Waals surface area contributed by atoms with E-state index < -0.39 is 0 Å². The number of aliphatic hydroxyl groups excluding tert-OH is 1. The van der Waals surface area contributed by atoms with Crippen LogP contribution in [0, 0.1) is 5.92 Å². The van der Waals surface area contributed by atoms with Crippen molar-refractivity contribution in [2.75, 3.05) is 32.1 Å². The monoisotopic (exact) mass is 492 g/mol. The average molecular weight is 493 g/mol. The second kappa shape index (κ2) is 11.1. The number of aryl methyl sites for hydroxylation is 1. The second-order valence-corrected chi connectivity index (χ2v) is 9.78.